The molecule has 3 nitrogen and oxygen atoms in total. The van der Waals surface area contributed by atoms with Crippen molar-refractivity contribution >= 4 is 17.4 Å². The van der Waals surface area contributed by atoms with E-state index >= 15 is 0 Å². The van der Waals surface area contributed by atoms with Crippen LogP contribution in [0.1, 0.15) is 13.8 Å². The van der Waals surface area contributed by atoms with Crippen LogP contribution in [0.4, 0.5) is 5.82 Å². The quantitative estimate of drug-likeness (QED) is 0.842. The SMILES string of the molecule is COCC(Nc1ccc(Cl)cn1)C(C)C. The molecule has 1 aromatic rings. The van der Waals surface area contributed by atoms with Crippen LogP contribution in [0.5, 0.6) is 0 Å². The number of methoxy groups -OCH3 is 1. The van der Waals surface area contributed by atoms with Crippen LogP contribution in [0.2, 0.25) is 5.02 Å². The second-order valence-corrected chi connectivity index (χ2v) is 4.25. The summed E-state index contributed by atoms with van der Waals surface area (Å²) in [5, 5.41) is 3.96. The van der Waals surface area contributed by atoms with E-state index in [1.54, 1.807) is 13.3 Å². The van der Waals surface area contributed by atoms with Crippen molar-refractivity contribution in [3.8, 4) is 0 Å². The monoisotopic (exact) mass is 228 g/mol. The highest BCUT2D eigenvalue weighted by Crippen LogP contribution is 2.13. The highest BCUT2D eigenvalue weighted by atomic mass is 35.5. The number of nitrogens with zero attached hydrogens (tertiary/aromatic N) is 1. The molecule has 15 heavy (non-hydrogen) atoms. The highest BCUT2D eigenvalue weighted by Gasteiger charge is 2.12. The summed E-state index contributed by atoms with van der Waals surface area (Å²) >= 11 is 5.76. The molecule has 0 spiro atoms. The van der Waals surface area contributed by atoms with Gasteiger partial charge >= 0.3 is 0 Å². The zero-order chi connectivity index (χ0) is 11.3. The first-order valence-electron chi connectivity index (χ1n) is 5.00. The van der Waals surface area contributed by atoms with E-state index in [0.717, 1.165) is 5.82 Å². The summed E-state index contributed by atoms with van der Waals surface area (Å²) in [7, 11) is 1.70. The van der Waals surface area contributed by atoms with Crippen LogP contribution in [0.3, 0.4) is 0 Å². The second kappa shape index (κ2) is 5.93. The molecule has 0 aliphatic carbocycles. The van der Waals surface area contributed by atoms with Gasteiger partial charge in [0.25, 0.3) is 0 Å². The maximum atomic E-state index is 5.76. The maximum absolute atomic E-state index is 5.76. The van der Waals surface area contributed by atoms with Crippen molar-refractivity contribution in [3.05, 3.63) is 23.4 Å². The van der Waals surface area contributed by atoms with Crippen molar-refractivity contribution in [3.63, 3.8) is 0 Å². The van der Waals surface area contributed by atoms with E-state index in [9.17, 15) is 0 Å². The topological polar surface area (TPSA) is 34.1 Å². The zero-order valence-corrected chi connectivity index (χ0v) is 10.1. The molecular formula is C11H17ClN2O. The van der Waals surface area contributed by atoms with E-state index in [-0.39, 0.29) is 6.04 Å². The Balaban J connectivity index is 2.61. The van der Waals surface area contributed by atoms with E-state index in [0.29, 0.717) is 17.5 Å². The second-order valence-electron chi connectivity index (χ2n) is 3.81. The van der Waals surface area contributed by atoms with Gasteiger partial charge in [0.05, 0.1) is 17.7 Å². The van der Waals surface area contributed by atoms with Crippen molar-refractivity contribution in [2.75, 3.05) is 19.0 Å². The molecule has 0 amide bonds. The summed E-state index contributed by atoms with van der Waals surface area (Å²) in [5.41, 5.74) is 0. The van der Waals surface area contributed by atoms with Crippen molar-refractivity contribution in [2.24, 2.45) is 5.92 Å². The molecule has 0 saturated carbocycles. The van der Waals surface area contributed by atoms with Gasteiger partial charge in [-0.3, -0.25) is 0 Å². The normalized spacial score (nSPS) is 12.9. The molecule has 1 atom stereocenters. The summed E-state index contributed by atoms with van der Waals surface area (Å²) in [6.45, 7) is 4.96. The number of rotatable bonds is 5. The third-order valence-corrected chi connectivity index (χ3v) is 2.44. The Morgan fingerprint density at radius 2 is 2.20 bits per heavy atom. The first-order chi connectivity index (χ1) is 7.13. The van der Waals surface area contributed by atoms with Crippen LogP contribution in [0.25, 0.3) is 0 Å². The lowest BCUT2D eigenvalue weighted by Crippen LogP contribution is -2.30. The molecule has 0 aliphatic rings. The largest absolute Gasteiger partial charge is 0.383 e. The van der Waals surface area contributed by atoms with Gasteiger partial charge in [-0.05, 0) is 18.1 Å². The molecule has 0 aromatic carbocycles. The van der Waals surface area contributed by atoms with E-state index < -0.39 is 0 Å². The third-order valence-electron chi connectivity index (χ3n) is 2.21. The summed E-state index contributed by atoms with van der Waals surface area (Å²) in [6, 6.07) is 3.96. The number of nitrogens with one attached hydrogen (secondary N) is 1. The molecule has 1 unspecified atom stereocenters. The minimum atomic E-state index is 0.267. The zero-order valence-electron chi connectivity index (χ0n) is 9.33. The van der Waals surface area contributed by atoms with Gasteiger partial charge in [-0.15, -0.1) is 0 Å². The lowest BCUT2D eigenvalue weighted by molar-refractivity contribution is 0.171. The van der Waals surface area contributed by atoms with E-state index in [1.165, 1.54) is 0 Å². The van der Waals surface area contributed by atoms with Crippen LogP contribution >= 0.6 is 11.6 Å². The van der Waals surface area contributed by atoms with Crippen LogP contribution in [0.15, 0.2) is 18.3 Å². The van der Waals surface area contributed by atoms with Crippen molar-refractivity contribution in [1.82, 2.24) is 4.98 Å². The van der Waals surface area contributed by atoms with E-state index in [4.69, 9.17) is 16.3 Å². The predicted molar refractivity (Wildman–Crippen MR) is 63.4 cm³/mol. The Morgan fingerprint density at radius 1 is 1.47 bits per heavy atom. The summed E-state index contributed by atoms with van der Waals surface area (Å²) in [6.07, 6.45) is 1.63. The number of hydrogen-bond acceptors (Lipinski definition) is 3. The van der Waals surface area contributed by atoms with Gasteiger partial charge in [0.15, 0.2) is 0 Å². The predicted octanol–water partition coefficient (Wildman–Crippen LogP) is 2.82. The number of aromatic nitrogens is 1. The summed E-state index contributed by atoms with van der Waals surface area (Å²) in [4.78, 5) is 4.18. The van der Waals surface area contributed by atoms with Gasteiger partial charge < -0.3 is 10.1 Å². The van der Waals surface area contributed by atoms with Crippen molar-refractivity contribution < 1.29 is 4.74 Å². The van der Waals surface area contributed by atoms with Gasteiger partial charge in [0, 0.05) is 13.3 Å². The Labute approximate surface area is 95.8 Å². The van der Waals surface area contributed by atoms with E-state index in [1.807, 2.05) is 12.1 Å². The number of halogens is 1. The van der Waals surface area contributed by atoms with Crippen molar-refractivity contribution in [2.45, 2.75) is 19.9 Å². The molecule has 84 valence electrons. The fourth-order valence-corrected chi connectivity index (χ4v) is 1.34. The Morgan fingerprint density at radius 3 is 2.67 bits per heavy atom. The molecule has 0 radical (unpaired) electrons. The number of anilines is 1. The molecule has 1 rings (SSSR count). The Kier molecular flexibility index (Phi) is 4.85. The summed E-state index contributed by atoms with van der Waals surface area (Å²) < 4.78 is 5.14. The Hall–Kier alpha value is -0.800. The van der Waals surface area contributed by atoms with E-state index in [2.05, 4.69) is 24.1 Å². The standard InChI is InChI=1S/C11H17ClN2O/c1-8(2)10(7-15-3)14-11-5-4-9(12)6-13-11/h4-6,8,10H,7H2,1-3H3,(H,13,14). The number of ether oxygens (including phenoxy) is 1. The molecule has 0 bridgehead atoms. The summed E-state index contributed by atoms with van der Waals surface area (Å²) in [5.74, 6) is 1.32. The minimum absolute atomic E-state index is 0.267. The number of hydrogen-bond donors (Lipinski definition) is 1. The molecule has 1 aromatic heterocycles. The lowest BCUT2D eigenvalue weighted by Gasteiger charge is -2.21. The first kappa shape index (κ1) is 12.3. The van der Waals surface area contributed by atoms with Gasteiger partial charge in [-0.2, -0.15) is 0 Å². The highest BCUT2D eigenvalue weighted by molar-refractivity contribution is 6.30. The average molecular weight is 229 g/mol. The average Bonchev–Trinajstić information content (AvgIpc) is 2.20. The van der Waals surface area contributed by atoms with Gasteiger partial charge in [-0.25, -0.2) is 4.98 Å². The Bertz CT molecular complexity index is 287. The van der Waals surface area contributed by atoms with Crippen LogP contribution < -0.4 is 5.32 Å². The molecule has 1 N–H and O–H groups in total. The maximum Gasteiger partial charge on any atom is 0.126 e. The van der Waals surface area contributed by atoms with Crippen LogP contribution in [-0.2, 0) is 4.74 Å². The molecule has 1 heterocycles. The van der Waals surface area contributed by atoms with Gasteiger partial charge in [-0.1, -0.05) is 25.4 Å². The minimum Gasteiger partial charge on any atom is -0.383 e. The smallest absolute Gasteiger partial charge is 0.126 e. The molecule has 4 heteroatoms. The van der Waals surface area contributed by atoms with Crippen molar-refractivity contribution in [1.29, 1.82) is 0 Å². The van der Waals surface area contributed by atoms with Crippen LogP contribution in [0, 0.1) is 5.92 Å². The first-order valence-corrected chi connectivity index (χ1v) is 5.38. The fourth-order valence-electron chi connectivity index (χ4n) is 1.23. The fraction of sp³-hybridized carbons (Fsp3) is 0.545. The molecule has 0 fully saturated rings. The molecule has 0 saturated heterocycles. The third kappa shape index (κ3) is 4.06. The molecular weight excluding hydrogens is 212 g/mol. The van der Waals surface area contributed by atoms with Gasteiger partial charge in [0.2, 0.25) is 0 Å². The van der Waals surface area contributed by atoms with Gasteiger partial charge in [0.1, 0.15) is 5.82 Å². The molecule has 0 aliphatic heterocycles. The van der Waals surface area contributed by atoms with Crippen LogP contribution in [-0.4, -0.2) is 24.7 Å². The number of pyridine rings is 1. The lowest BCUT2D eigenvalue weighted by atomic mass is 10.1.